The molecule has 0 saturated carbocycles. The van der Waals surface area contributed by atoms with Crippen molar-refractivity contribution in [2.45, 2.75) is 0 Å². The predicted octanol–water partition coefficient (Wildman–Crippen LogP) is 4.11. The van der Waals surface area contributed by atoms with Crippen LogP contribution in [-0.2, 0) is 9.53 Å². The van der Waals surface area contributed by atoms with E-state index in [0.29, 0.717) is 39.3 Å². The molecule has 8 heteroatoms. The van der Waals surface area contributed by atoms with Gasteiger partial charge in [0, 0.05) is 29.4 Å². The van der Waals surface area contributed by atoms with Crippen LogP contribution in [0.4, 0.5) is 5.69 Å². The van der Waals surface area contributed by atoms with E-state index in [9.17, 15) is 9.59 Å². The van der Waals surface area contributed by atoms with Crippen LogP contribution in [-0.4, -0.2) is 42.7 Å². The molecule has 0 aliphatic carbocycles. The summed E-state index contributed by atoms with van der Waals surface area (Å²) in [5.74, 6) is -0.141. The molecule has 33 heavy (non-hydrogen) atoms. The maximum Gasteiger partial charge on any atom is 0.339 e. The molecule has 0 fully saturated rings. The minimum Gasteiger partial charge on any atom is -0.497 e. The Balaban J connectivity index is 1.54. The average Bonchev–Trinajstić information content (AvgIpc) is 2.87. The number of carbonyl (C=O) groups is 2. The van der Waals surface area contributed by atoms with Crippen molar-refractivity contribution in [3.63, 3.8) is 0 Å². The normalized spacial score (nSPS) is 10.5. The molecule has 0 bridgehead atoms. The molecule has 0 aliphatic rings. The third kappa shape index (κ3) is 4.90. The van der Waals surface area contributed by atoms with E-state index in [0.717, 1.165) is 5.56 Å². The highest BCUT2D eigenvalue weighted by Gasteiger charge is 2.17. The van der Waals surface area contributed by atoms with Crippen LogP contribution in [0.5, 0.6) is 11.5 Å². The summed E-state index contributed by atoms with van der Waals surface area (Å²) in [6.07, 6.45) is 3.33. The van der Waals surface area contributed by atoms with Crippen LogP contribution in [0.15, 0.2) is 73.1 Å². The van der Waals surface area contributed by atoms with Gasteiger partial charge in [0.15, 0.2) is 6.61 Å². The van der Waals surface area contributed by atoms with E-state index in [2.05, 4.69) is 15.3 Å². The van der Waals surface area contributed by atoms with Gasteiger partial charge in [-0.05, 0) is 36.4 Å². The zero-order chi connectivity index (χ0) is 23.2. The molecule has 8 nitrogen and oxygen atoms in total. The number of esters is 1. The number of benzene rings is 2. The van der Waals surface area contributed by atoms with Crippen molar-refractivity contribution >= 4 is 28.5 Å². The number of nitrogens with one attached hydrogen (secondary N) is 1. The first-order valence-corrected chi connectivity index (χ1v) is 10.1. The molecule has 0 atom stereocenters. The van der Waals surface area contributed by atoms with Gasteiger partial charge in [-0.25, -0.2) is 9.78 Å². The van der Waals surface area contributed by atoms with Gasteiger partial charge in [0.1, 0.15) is 11.5 Å². The van der Waals surface area contributed by atoms with E-state index in [1.807, 2.05) is 24.3 Å². The maximum absolute atomic E-state index is 12.9. The highest BCUT2D eigenvalue weighted by Crippen LogP contribution is 2.29. The Kier molecular flexibility index (Phi) is 6.45. The Morgan fingerprint density at radius 3 is 2.58 bits per heavy atom. The van der Waals surface area contributed by atoms with E-state index >= 15 is 0 Å². The molecule has 2 aromatic carbocycles. The van der Waals surface area contributed by atoms with Crippen molar-refractivity contribution in [3.05, 3.63) is 78.6 Å². The summed E-state index contributed by atoms with van der Waals surface area (Å²) >= 11 is 0. The summed E-state index contributed by atoms with van der Waals surface area (Å²) in [5.41, 5.74) is 2.70. The number of anilines is 1. The van der Waals surface area contributed by atoms with Crippen LogP contribution < -0.4 is 14.8 Å². The first kappa shape index (κ1) is 21.8. The molecule has 0 spiro atoms. The number of para-hydroxylation sites is 1. The summed E-state index contributed by atoms with van der Waals surface area (Å²) in [5, 5.41) is 3.31. The van der Waals surface area contributed by atoms with Crippen LogP contribution in [0.2, 0.25) is 0 Å². The minimum absolute atomic E-state index is 0.311. The van der Waals surface area contributed by atoms with E-state index in [4.69, 9.17) is 14.2 Å². The molecule has 0 aliphatic heterocycles. The zero-order valence-electron chi connectivity index (χ0n) is 18.1. The Bertz CT molecular complexity index is 1310. The lowest BCUT2D eigenvalue weighted by Crippen LogP contribution is -2.21. The highest BCUT2D eigenvalue weighted by molar-refractivity contribution is 6.05. The molecule has 166 valence electrons. The monoisotopic (exact) mass is 443 g/mol. The van der Waals surface area contributed by atoms with Gasteiger partial charge in [-0.3, -0.25) is 9.78 Å². The number of hydrogen-bond donors (Lipinski definition) is 1. The number of rotatable bonds is 7. The summed E-state index contributed by atoms with van der Waals surface area (Å²) in [4.78, 5) is 34.1. The van der Waals surface area contributed by atoms with Gasteiger partial charge < -0.3 is 19.5 Å². The molecular weight excluding hydrogens is 422 g/mol. The fourth-order valence-corrected chi connectivity index (χ4v) is 3.31. The molecule has 4 rings (SSSR count). The SMILES string of the molecule is COc1ccc(OC)c(NC(=O)COC(=O)c2cc(-c3cccnc3)nc3ccccc23)c1. The Morgan fingerprint density at radius 2 is 1.82 bits per heavy atom. The summed E-state index contributed by atoms with van der Waals surface area (Å²) in [6, 6.07) is 17.5. The number of carbonyl (C=O) groups excluding carboxylic acids is 2. The van der Waals surface area contributed by atoms with Crippen LogP contribution >= 0.6 is 0 Å². The fourth-order valence-electron chi connectivity index (χ4n) is 3.31. The molecule has 1 N–H and O–H groups in total. The predicted molar refractivity (Wildman–Crippen MR) is 123 cm³/mol. The van der Waals surface area contributed by atoms with Crippen molar-refractivity contribution in [2.24, 2.45) is 0 Å². The third-order valence-electron chi connectivity index (χ3n) is 4.91. The summed E-state index contributed by atoms with van der Waals surface area (Å²) in [6.45, 7) is -0.474. The molecule has 1 amide bonds. The van der Waals surface area contributed by atoms with Gasteiger partial charge in [0.05, 0.1) is 36.7 Å². The smallest absolute Gasteiger partial charge is 0.339 e. The quantitative estimate of drug-likeness (QED) is 0.429. The van der Waals surface area contributed by atoms with Crippen LogP contribution in [0.25, 0.3) is 22.2 Å². The molecule has 2 heterocycles. The second-order valence-corrected chi connectivity index (χ2v) is 7.00. The average molecular weight is 443 g/mol. The lowest BCUT2D eigenvalue weighted by molar-refractivity contribution is -0.119. The number of methoxy groups -OCH3 is 2. The van der Waals surface area contributed by atoms with E-state index < -0.39 is 18.5 Å². The van der Waals surface area contributed by atoms with Gasteiger partial charge in [0.2, 0.25) is 0 Å². The van der Waals surface area contributed by atoms with Crippen molar-refractivity contribution in [2.75, 3.05) is 26.1 Å². The van der Waals surface area contributed by atoms with Crippen molar-refractivity contribution in [3.8, 4) is 22.8 Å². The number of fused-ring (bicyclic) bond motifs is 1. The van der Waals surface area contributed by atoms with Crippen LogP contribution in [0.1, 0.15) is 10.4 Å². The standard InChI is InChI=1S/C25H21N3O5/c1-31-17-9-10-23(32-2)22(12-17)28-24(29)15-33-25(30)19-13-21(16-6-5-11-26-14-16)27-20-8-4-3-7-18(19)20/h3-14H,15H2,1-2H3,(H,28,29). The van der Waals surface area contributed by atoms with Gasteiger partial charge in [-0.1, -0.05) is 18.2 Å². The van der Waals surface area contributed by atoms with Crippen LogP contribution in [0.3, 0.4) is 0 Å². The third-order valence-corrected chi connectivity index (χ3v) is 4.91. The first-order valence-electron chi connectivity index (χ1n) is 10.1. The lowest BCUT2D eigenvalue weighted by Gasteiger charge is -2.12. The fraction of sp³-hybridized carbons (Fsp3) is 0.120. The van der Waals surface area contributed by atoms with Crippen molar-refractivity contribution in [1.29, 1.82) is 0 Å². The molecular formula is C25H21N3O5. The number of ether oxygens (including phenoxy) is 3. The minimum atomic E-state index is -0.633. The Morgan fingerprint density at radius 1 is 0.970 bits per heavy atom. The molecule has 0 unspecified atom stereocenters. The zero-order valence-corrected chi connectivity index (χ0v) is 18.1. The van der Waals surface area contributed by atoms with Crippen molar-refractivity contribution < 1.29 is 23.8 Å². The summed E-state index contributed by atoms with van der Waals surface area (Å²) < 4.78 is 15.8. The van der Waals surface area contributed by atoms with Crippen molar-refractivity contribution in [1.82, 2.24) is 9.97 Å². The summed E-state index contributed by atoms with van der Waals surface area (Å²) in [7, 11) is 3.01. The highest BCUT2D eigenvalue weighted by atomic mass is 16.5. The van der Waals surface area contributed by atoms with Crippen LogP contribution in [0, 0.1) is 0 Å². The number of amides is 1. The van der Waals surface area contributed by atoms with Gasteiger partial charge in [-0.2, -0.15) is 0 Å². The second kappa shape index (κ2) is 9.78. The largest absolute Gasteiger partial charge is 0.497 e. The van der Waals surface area contributed by atoms with E-state index in [-0.39, 0.29) is 0 Å². The Labute approximate surface area is 190 Å². The number of hydrogen-bond acceptors (Lipinski definition) is 7. The lowest BCUT2D eigenvalue weighted by atomic mass is 10.1. The molecule has 4 aromatic rings. The Hall–Kier alpha value is -4.46. The van der Waals surface area contributed by atoms with Gasteiger partial charge >= 0.3 is 5.97 Å². The second-order valence-electron chi connectivity index (χ2n) is 7.00. The van der Waals surface area contributed by atoms with E-state index in [1.54, 1.807) is 48.8 Å². The maximum atomic E-state index is 12.9. The first-order chi connectivity index (χ1) is 16.1. The molecule has 2 aromatic heterocycles. The molecule has 0 radical (unpaired) electrons. The number of aromatic nitrogens is 2. The van der Waals surface area contributed by atoms with E-state index in [1.165, 1.54) is 14.2 Å². The van der Waals surface area contributed by atoms with Gasteiger partial charge in [-0.15, -0.1) is 0 Å². The topological polar surface area (TPSA) is 99.6 Å². The van der Waals surface area contributed by atoms with Gasteiger partial charge in [0.25, 0.3) is 5.91 Å². The number of pyridine rings is 2. The number of nitrogens with zero attached hydrogens (tertiary/aromatic N) is 2. The molecule has 0 saturated heterocycles.